The molecule has 3 N–H and O–H groups in total. The second kappa shape index (κ2) is 8.01. The molecule has 0 spiro atoms. The van der Waals surface area contributed by atoms with Gasteiger partial charge in [-0.05, 0) is 19.4 Å². The zero-order valence-corrected chi connectivity index (χ0v) is 18.3. The Morgan fingerprint density at radius 1 is 1.25 bits per heavy atom. The number of carboxylic acid groups (broad SMARTS) is 1. The molecule has 3 heterocycles. The van der Waals surface area contributed by atoms with Crippen LogP contribution in [-0.2, 0) is 20.8 Å². The van der Waals surface area contributed by atoms with Crippen LogP contribution in [0.2, 0.25) is 0 Å². The maximum Gasteiger partial charge on any atom is 0.344 e. The summed E-state index contributed by atoms with van der Waals surface area (Å²) in [5, 5.41) is 12.5. The number of fused-ring (bicyclic) bond motifs is 1. The summed E-state index contributed by atoms with van der Waals surface area (Å²) < 4.78 is -0.784. The van der Waals surface area contributed by atoms with Crippen LogP contribution in [0.15, 0.2) is 30.3 Å². The third-order valence-corrected chi connectivity index (χ3v) is 7.27. The second-order valence-electron chi connectivity index (χ2n) is 8.27. The number of aliphatic carboxylic acids is 1. The number of carbonyl (C=O) groups is 5. The summed E-state index contributed by atoms with van der Waals surface area (Å²) in [4.78, 5) is 64.7. The van der Waals surface area contributed by atoms with E-state index in [1.807, 2.05) is 0 Å². The van der Waals surface area contributed by atoms with Crippen molar-refractivity contribution in [3.63, 3.8) is 0 Å². The molecule has 3 atom stereocenters. The monoisotopic (exact) mass is 461 g/mol. The Morgan fingerprint density at radius 3 is 2.53 bits per heavy atom. The Morgan fingerprint density at radius 2 is 1.94 bits per heavy atom. The lowest BCUT2D eigenvalue weighted by molar-refractivity contribution is -0.170. The fourth-order valence-electron chi connectivity index (χ4n) is 4.20. The average molecular weight is 462 g/mol. The molecule has 6 amide bonds. The molecule has 0 bridgehead atoms. The molecule has 12 heteroatoms. The lowest BCUT2D eigenvalue weighted by atomic mass is 9.95. The molecular weight excluding hydrogens is 438 g/mol. The number of hydrogen-bond donors (Lipinski definition) is 3. The van der Waals surface area contributed by atoms with Crippen LogP contribution in [0.3, 0.4) is 0 Å². The van der Waals surface area contributed by atoms with Crippen LogP contribution in [0.1, 0.15) is 19.4 Å². The molecule has 0 unspecified atom stereocenters. The predicted molar refractivity (Wildman–Crippen MR) is 113 cm³/mol. The quantitative estimate of drug-likeness (QED) is 0.431. The fraction of sp³-hybridized carbons (Fsp3) is 0.450. The summed E-state index contributed by atoms with van der Waals surface area (Å²) in [7, 11) is 0. The van der Waals surface area contributed by atoms with Crippen molar-refractivity contribution in [3.8, 4) is 0 Å². The van der Waals surface area contributed by atoms with Gasteiger partial charge in [0, 0.05) is 17.8 Å². The minimum Gasteiger partial charge on any atom is -0.480 e. The van der Waals surface area contributed by atoms with Crippen molar-refractivity contribution < 1.29 is 29.1 Å². The van der Waals surface area contributed by atoms with Gasteiger partial charge in [0.05, 0.1) is 6.42 Å². The average Bonchev–Trinajstić information content (AvgIpc) is 3.26. The summed E-state index contributed by atoms with van der Waals surface area (Å²) >= 11 is 1.26. The van der Waals surface area contributed by atoms with E-state index in [4.69, 9.17) is 0 Å². The first kappa shape index (κ1) is 21.9. The highest BCUT2D eigenvalue weighted by molar-refractivity contribution is 8.01. The molecule has 1 aromatic rings. The molecule has 3 aliphatic heterocycles. The molecule has 0 radical (unpaired) electrons. The number of amides is 6. The van der Waals surface area contributed by atoms with E-state index >= 15 is 0 Å². The first-order chi connectivity index (χ1) is 15.1. The van der Waals surface area contributed by atoms with Gasteiger partial charge in [0.25, 0.3) is 5.91 Å². The van der Waals surface area contributed by atoms with Gasteiger partial charge in [0.1, 0.15) is 11.4 Å². The first-order valence-corrected chi connectivity index (χ1v) is 10.9. The lowest BCUT2D eigenvalue weighted by Crippen LogP contribution is -2.74. The molecule has 170 valence electrons. The normalized spacial score (nSPS) is 25.6. The number of benzene rings is 1. The van der Waals surface area contributed by atoms with E-state index in [1.54, 1.807) is 44.2 Å². The third kappa shape index (κ3) is 3.64. The zero-order chi connectivity index (χ0) is 23.2. The van der Waals surface area contributed by atoms with Gasteiger partial charge < -0.3 is 15.3 Å². The van der Waals surface area contributed by atoms with Gasteiger partial charge >= 0.3 is 18.0 Å². The smallest absolute Gasteiger partial charge is 0.344 e. The summed E-state index contributed by atoms with van der Waals surface area (Å²) in [5.74, 6) is -2.23. The largest absolute Gasteiger partial charge is 0.480 e. The standard InChI is InChI=1S/C20H23N5O6S/c1-20(2)14(17(28)29)24-15(27)13(16(24)32-20)25(12(26)10-11-6-4-3-5-7-11)22-19(31)23-9-8-21-18(23)30/h3-7,13-14,16H,8-10H2,1-2H3,(H,21,30)(H,22,31)(H,28,29)/t13-,14-,16+/m0/s1. The van der Waals surface area contributed by atoms with Gasteiger partial charge in [-0.1, -0.05) is 30.3 Å². The van der Waals surface area contributed by atoms with Crippen molar-refractivity contribution >= 4 is 41.6 Å². The van der Waals surface area contributed by atoms with E-state index in [1.165, 1.54) is 16.7 Å². The maximum atomic E-state index is 13.2. The molecular formula is C20H23N5O6S. The number of carboxylic acids is 1. The topological polar surface area (TPSA) is 139 Å². The molecule has 3 aliphatic rings. The zero-order valence-electron chi connectivity index (χ0n) is 17.5. The number of imide groups is 1. The number of nitrogens with one attached hydrogen (secondary N) is 2. The molecule has 3 saturated heterocycles. The summed E-state index contributed by atoms with van der Waals surface area (Å²) in [6.07, 6.45) is -0.0831. The van der Waals surface area contributed by atoms with Crippen LogP contribution in [-0.4, -0.2) is 85.1 Å². The highest BCUT2D eigenvalue weighted by Crippen LogP contribution is 2.51. The Kier molecular flexibility index (Phi) is 5.49. The fourth-order valence-corrected chi connectivity index (χ4v) is 5.87. The van der Waals surface area contributed by atoms with Crippen LogP contribution in [0, 0.1) is 0 Å². The number of thioether (sulfide) groups is 1. The molecule has 32 heavy (non-hydrogen) atoms. The highest BCUT2D eigenvalue weighted by atomic mass is 32.2. The summed E-state index contributed by atoms with van der Waals surface area (Å²) in [6, 6.07) is 5.28. The predicted octanol–water partition coefficient (Wildman–Crippen LogP) is 0.223. The summed E-state index contributed by atoms with van der Waals surface area (Å²) in [6.45, 7) is 3.86. The Bertz CT molecular complexity index is 986. The van der Waals surface area contributed by atoms with Crippen molar-refractivity contribution in [2.45, 2.75) is 42.5 Å². The first-order valence-electron chi connectivity index (χ1n) is 10.1. The van der Waals surface area contributed by atoms with Gasteiger partial charge in [-0.2, -0.15) is 0 Å². The molecule has 3 fully saturated rings. The van der Waals surface area contributed by atoms with E-state index in [2.05, 4.69) is 10.7 Å². The van der Waals surface area contributed by atoms with Gasteiger partial charge in [-0.15, -0.1) is 11.8 Å². The Hall–Kier alpha value is -3.28. The molecule has 11 nitrogen and oxygen atoms in total. The third-order valence-electron chi connectivity index (χ3n) is 5.71. The minimum absolute atomic E-state index is 0.0831. The van der Waals surface area contributed by atoms with Crippen molar-refractivity contribution in [3.05, 3.63) is 35.9 Å². The molecule has 0 aliphatic carbocycles. The Labute approximate surface area is 188 Å². The highest BCUT2D eigenvalue weighted by Gasteiger charge is 2.66. The van der Waals surface area contributed by atoms with E-state index in [0.29, 0.717) is 5.56 Å². The number of rotatable bonds is 4. The van der Waals surface area contributed by atoms with E-state index in [9.17, 15) is 29.1 Å². The summed E-state index contributed by atoms with van der Waals surface area (Å²) in [5.41, 5.74) is 3.11. The van der Waals surface area contributed by atoms with Crippen LogP contribution in [0.25, 0.3) is 0 Å². The minimum atomic E-state index is -1.13. The molecule has 1 aromatic carbocycles. The van der Waals surface area contributed by atoms with Gasteiger partial charge in [-0.25, -0.2) is 29.7 Å². The van der Waals surface area contributed by atoms with Crippen LogP contribution in [0.5, 0.6) is 0 Å². The van der Waals surface area contributed by atoms with Gasteiger partial charge in [0.2, 0.25) is 5.91 Å². The second-order valence-corrected chi connectivity index (χ2v) is 10.0. The number of nitrogens with zero attached hydrogens (tertiary/aromatic N) is 3. The number of urea groups is 2. The van der Waals surface area contributed by atoms with Crippen LogP contribution >= 0.6 is 11.8 Å². The molecule has 4 rings (SSSR count). The van der Waals surface area contributed by atoms with Crippen molar-refractivity contribution in [2.24, 2.45) is 0 Å². The van der Waals surface area contributed by atoms with E-state index in [0.717, 1.165) is 9.91 Å². The van der Waals surface area contributed by atoms with Gasteiger partial charge in [0.15, 0.2) is 6.04 Å². The molecule has 0 saturated carbocycles. The number of hydrogen-bond acceptors (Lipinski definition) is 6. The number of hydrazine groups is 1. The number of carbonyl (C=O) groups excluding carboxylic acids is 4. The lowest BCUT2D eigenvalue weighted by Gasteiger charge is -2.47. The van der Waals surface area contributed by atoms with Crippen molar-refractivity contribution in [1.82, 2.24) is 25.6 Å². The van der Waals surface area contributed by atoms with Crippen molar-refractivity contribution in [2.75, 3.05) is 13.1 Å². The van der Waals surface area contributed by atoms with Gasteiger partial charge in [-0.3, -0.25) is 9.59 Å². The van der Waals surface area contributed by atoms with Crippen LogP contribution < -0.4 is 10.7 Å². The van der Waals surface area contributed by atoms with Crippen molar-refractivity contribution in [1.29, 1.82) is 0 Å². The van der Waals surface area contributed by atoms with E-state index in [-0.39, 0.29) is 19.5 Å². The number of β-lactam (4-membered cyclic amide) rings is 1. The maximum absolute atomic E-state index is 13.2. The molecule has 0 aromatic heterocycles. The van der Waals surface area contributed by atoms with E-state index < -0.39 is 52.1 Å². The Balaban J connectivity index is 1.60. The van der Waals surface area contributed by atoms with Crippen LogP contribution in [0.4, 0.5) is 9.59 Å². The SMILES string of the molecule is CC1(C)S[C@@H]2[C@@H](N(NC(=O)N3CCNC3=O)C(=O)Cc3ccccc3)C(=O)N2[C@H]1C(=O)O.